The number of hydrogen-bond donors (Lipinski definition) is 0. The van der Waals surface area contributed by atoms with Crippen LogP contribution < -0.4 is 0 Å². The summed E-state index contributed by atoms with van der Waals surface area (Å²) in [4.78, 5) is 22.6. The second-order valence-electron chi connectivity index (χ2n) is 5.45. The Labute approximate surface area is 103 Å². The van der Waals surface area contributed by atoms with Gasteiger partial charge in [-0.15, -0.1) is 0 Å². The van der Waals surface area contributed by atoms with E-state index in [9.17, 15) is 9.59 Å². The van der Waals surface area contributed by atoms with Crippen molar-refractivity contribution in [2.24, 2.45) is 5.41 Å². The fraction of sp³-hybridized carbons (Fsp3) is 0.846. The molecular formula is C13H22O4. The number of rotatable bonds is 5. The van der Waals surface area contributed by atoms with E-state index < -0.39 is 6.10 Å². The van der Waals surface area contributed by atoms with Crippen molar-refractivity contribution >= 4 is 11.9 Å². The van der Waals surface area contributed by atoms with Crippen molar-refractivity contribution in [2.75, 3.05) is 0 Å². The Hall–Kier alpha value is -1.06. The monoisotopic (exact) mass is 242 g/mol. The summed E-state index contributed by atoms with van der Waals surface area (Å²) in [6.07, 6.45) is 1.70. The minimum atomic E-state index is -0.403. The zero-order chi connectivity index (χ0) is 13.1. The molecular weight excluding hydrogens is 220 g/mol. The molecule has 0 N–H and O–H groups in total. The van der Waals surface area contributed by atoms with Crippen LogP contribution in [0.25, 0.3) is 0 Å². The summed E-state index contributed by atoms with van der Waals surface area (Å²) in [6, 6.07) is 0. The minimum absolute atomic E-state index is 0.159. The van der Waals surface area contributed by atoms with Crippen molar-refractivity contribution in [2.45, 2.75) is 65.6 Å². The van der Waals surface area contributed by atoms with Crippen LogP contribution in [0.2, 0.25) is 0 Å². The Morgan fingerprint density at radius 3 is 2.65 bits per heavy atom. The van der Waals surface area contributed by atoms with Gasteiger partial charge in [-0.25, -0.2) is 0 Å². The highest BCUT2D eigenvalue weighted by molar-refractivity contribution is 5.74. The van der Waals surface area contributed by atoms with Crippen LogP contribution in [-0.4, -0.2) is 24.1 Å². The van der Waals surface area contributed by atoms with Gasteiger partial charge in [-0.1, -0.05) is 27.2 Å². The van der Waals surface area contributed by atoms with E-state index in [4.69, 9.17) is 9.47 Å². The van der Waals surface area contributed by atoms with Gasteiger partial charge in [0.2, 0.25) is 0 Å². The summed E-state index contributed by atoms with van der Waals surface area (Å²) in [6.45, 7) is 8.12. The molecule has 1 fully saturated rings. The molecule has 1 heterocycles. The molecule has 98 valence electrons. The number of carbonyl (C=O) groups is 2. The topological polar surface area (TPSA) is 52.6 Å². The van der Waals surface area contributed by atoms with Crippen LogP contribution in [0.15, 0.2) is 0 Å². The Kier molecular flexibility index (Phi) is 4.54. The van der Waals surface area contributed by atoms with Crippen molar-refractivity contribution in [3.63, 3.8) is 0 Å². The van der Waals surface area contributed by atoms with Gasteiger partial charge in [0, 0.05) is 6.42 Å². The SMILES string of the molecule is CCC(C)(C)CCC(=O)OC1CC(=O)OC1C. The van der Waals surface area contributed by atoms with E-state index in [1.807, 2.05) is 0 Å². The van der Waals surface area contributed by atoms with E-state index >= 15 is 0 Å². The second kappa shape index (κ2) is 5.52. The third kappa shape index (κ3) is 4.36. The summed E-state index contributed by atoms with van der Waals surface area (Å²) in [5.41, 5.74) is 0.159. The molecule has 0 radical (unpaired) electrons. The summed E-state index contributed by atoms with van der Waals surface area (Å²) in [7, 11) is 0. The standard InChI is InChI=1S/C13H22O4/c1-5-13(3,4)7-6-11(14)17-10-8-12(15)16-9(10)2/h9-10H,5-8H2,1-4H3. The molecule has 1 aliphatic rings. The lowest BCUT2D eigenvalue weighted by atomic mass is 9.85. The molecule has 4 nitrogen and oxygen atoms in total. The van der Waals surface area contributed by atoms with Crippen molar-refractivity contribution in [1.82, 2.24) is 0 Å². The second-order valence-corrected chi connectivity index (χ2v) is 5.45. The molecule has 0 aromatic rings. The lowest BCUT2D eigenvalue weighted by Crippen LogP contribution is -2.25. The number of ether oxygens (including phenoxy) is 2. The molecule has 17 heavy (non-hydrogen) atoms. The Balaban J connectivity index is 2.33. The van der Waals surface area contributed by atoms with Gasteiger partial charge in [-0.05, 0) is 18.8 Å². The number of hydrogen-bond acceptors (Lipinski definition) is 4. The first-order chi connectivity index (χ1) is 7.84. The number of carbonyl (C=O) groups excluding carboxylic acids is 2. The van der Waals surface area contributed by atoms with E-state index in [1.54, 1.807) is 6.92 Å². The highest BCUT2D eigenvalue weighted by atomic mass is 16.6. The van der Waals surface area contributed by atoms with Crippen LogP contribution in [-0.2, 0) is 19.1 Å². The predicted octanol–water partition coefficient (Wildman–Crippen LogP) is 2.45. The van der Waals surface area contributed by atoms with Gasteiger partial charge in [0.1, 0.15) is 12.2 Å². The van der Waals surface area contributed by atoms with Gasteiger partial charge in [0.05, 0.1) is 6.42 Å². The molecule has 2 unspecified atom stereocenters. The number of esters is 2. The molecule has 1 saturated heterocycles. The molecule has 0 aromatic heterocycles. The predicted molar refractivity (Wildman–Crippen MR) is 63.4 cm³/mol. The van der Waals surface area contributed by atoms with E-state index in [0.29, 0.717) is 6.42 Å². The Bertz CT molecular complexity index is 296. The van der Waals surface area contributed by atoms with Crippen LogP contribution in [0.5, 0.6) is 0 Å². The van der Waals surface area contributed by atoms with Crippen molar-refractivity contribution < 1.29 is 19.1 Å². The third-order valence-electron chi connectivity index (χ3n) is 3.45. The first-order valence-corrected chi connectivity index (χ1v) is 6.23. The highest BCUT2D eigenvalue weighted by Gasteiger charge is 2.34. The number of cyclic esters (lactones) is 1. The van der Waals surface area contributed by atoms with E-state index in [2.05, 4.69) is 20.8 Å². The fourth-order valence-corrected chi connectivity index (χ4v) is 1.64. The van der Waals surface area contributed by atoms with Gasteiger partial charge >= 0.3 is 11.9 Å². The molecule has 1 aliphatic heterocycles. The quantitative estimate of drug-likeness (QED) is 0.695. The summed E-state index contributed by atoms with van der Waals surface area (Å²) < 4.78 is 10.2. The maximum absolute atomic E-state index is 11.6. The van der Waals surface area contributed by atoms with Crippen molar-refractivity contribution in [1.29, 1.82) is 0 Å². The maximum Gasteiger partial charge on any atom is 0.310 e. The Morgan fingerprint density at radius 2 is 2.18 bits per heavy atom. The zero-order valence-electron chi connectivity index (χ0n) is 11.1. The molecule has 1 rings (SSSR count). The summed E-state index contributed by atoms with van der Waals surface area (Å²) in [5.74, 6) is -0.522. The average molecular weight is 242 g/mol. The molecule has 0 aliphatic carbocycles. The largest absolute Gasteiger partial charge is 0.459 e. The molecule has 0 spiro atoms. The first-order valence-electron chi connectivity index (χ1n) is 6.23. The van der Waals surface area contributed by atoms with Gasteiger partial charge in [0.25, 0.3) is 0 Å². The van der Waals surface area contributed by atoms with Crippen molar-refractivity contribution in [3.05, 3.63) is 0 Å². The normalized spacial score (nSPS) is 24.6. The van der Waals surface area contributed by atoms with Gasteiger partial charge in [-0.2, -0.15) is 0 Å². The van der Waals surface area contributed by atoms with Crippen LogP contribution in [0.1, 0.15) is 53.4 Å². The molecule has 0 saturated carbocycles. The van der Waals surface area contributed by atoms with Gasteiger partial charge < -0.3 is 9.47 Å². The third-order valence-corrected chi connectivity index (χ3v) is 3.45. The molecule has 0 amide bonds. The lowest BCUT2D eigenvalue weighted by Gasteiger charge is -2.22. The molecule has 0 aromatic carbocycles. The average Bonchev–Trinajstić information content (AvgIpc) is 2.55. The summed E-state index contributed by atoms with van der Waals surface area (Å²) in [5, 5.41) is 0. The first kappa shape index (κ1) is 14.0. The lowest BCUT2D eigenvalue weighted by molar-refractivity contribution is -0.152. The Morgan fingerprint density at radius 1 is 1.53 bits per heavy atom. The summed E-state index contributed by atoms with van der Waals surface area (Å²) >= 11 is 0. The highest BCUT2D eigenvalue weighted by Crippen LogP contribution is 2.27. The zero-order valence-corrected chi connectivity index (χ0v) is 11.1. The van der Waals surface area contributed by atoms with Gasteiger partial charge in [0.15, 0.2) is 0 Å². The smallest absolute Gasteiger partial charge is 0.310 e. The molecule has 4 heteroatoms. The molecule has 0 bridgehead atoms. The van der Waals surface area contributed by atoms with Crippen LogP contribution in [0, 0.1) is 5.41 Å². The van der Waals surface area contributed by atoms with Crippen molar-refractivity contribution in [3.8, 4) is 0 Å². The van der Waals surface area contributed by atoms with E-state index in [1.165, 1.54) is 0 Å². The molecule has 2 atom stereocenters. The minimum Gasteiger partial charge on any atom is -0.459 e. The van der Waals surface area contributed by atoms with E-state index in [0.717, 1.165) is 12.8 Å². The van der Waals surface area contributed by atoms with Gasteiger partial charge in [-0.3, -0.25) is 9.59 Å². The maximum atomic E-state index is 11.6. The van der Waals surface area contributed by atoms with Crippen LogP contribution >= 0.6 is 0 Å². The van der Waals surface area contributed by atoms with E-state index in [-0.39, 0.29) is 29.9 Å². The van der Waals surface area contributed by atoms with Crippen LogP contribution in [0.3, 0.4) is 0 Å². The van der Waals surface area contributed by atoms with Crippen LogP contribution in [0.4, 0.5) is 0 Å². The fourth-order valence-electron chi connectivity index (χ4n) is 1.64.